The van der Waals surface area contributed by atoms with Crippen LogP contribution in [0.1, 0.15) is 48.3 Å². The zero-order valence-corrected chi connectivity index (χ0v) is 21.2. The second-order valence-corrected chi connectivity index (χ2v) is 10.0. The summed E-state index contributed by atoms with van der Waals surface area (Å²) in [6.07, 6.45) is 2.43. The molecule has 2 aliphatic rings. The van der Waals surface area contributed by atoms with E-state index in [1.807, 2.05) is 54.6 Å². The summed E-state index contributed by atoms with van der Waals surface area (Å²) in [5, 5.41) is 12.4. The van der Waals surface area contributed by atoms with Gasteiger partial charge in [-0.1, -0.05) is 91.7 Å². The molecule has 0 unspecified atom stereocenters. The minimum Gasteiger partial charge on any atom is -0.480 e. The molecule has 2 amide bonds. The molecule has 2 aliphatic carbocycles. The van der Waals surface area contributed by atoms with Crippen molar-refractivity contribution in [2.24, 2.45) is 5.92 Å². The molecule has 5 rings (SSSR count). The van der Waals surface area contributed by atoms with Gasteiger partial charge in [0.1, 0.15) is 13.2 Å². The first kappa shape index (κ1) is 25.5. The van der Waals surface area contributed by atoms with Crippen molar-refractivity contribution in [3.8, 4) is 11.1 Å². The van der Waals surface area contributed by atoms with Crippen molar-refractivity contribution in [2.75, 3.05) is 13.2 Å². The maximum atomic E-state index is 13.5. The van der Waals surface area contributed by atoms with Gasteiger partial charge in [-0.05, 0) is 40.7 Å². The average Bonchev–Trinajstić information content (AvgIpc) is 3.25. The predicted octanol–water partition coefficient (Wildman–Crippen LogP) is 5.20. The van der Waals surface area contributed by atoms with Crippen molar-refractivity contribution in [1.29, 1.82) is 0 Å². The molecule has 7 nitrogen and oxygen atoms in total. The molecule has 0 aliphatic heterocycles. The van der Waals surface area contributed by atoms with Gasteiger partial charge in [0, 0.05) is 18.5 Å². The maximum Gasteiger partial charge on any atom is 0.407 e. The quantitative estimate of drug-likeness (QED) is 0.433. The number of amides is 2. The third-order valence-corrected chi connectivity index (χ3v) is 7.58. The summed E-state index contributed by atoms with van der Waals surface area (Å²) >= 11 is 0. The number of fused-ring (bicyclic) bond motifs is 3. The molecular formula is C31H32N2O5. The van der Waals surface area contributed by atoms with E-state index >= 15 is 0 Å². The first-order chi connectivity index (χ1) is 18.5. The Hall–Kier alpha value is -4.13. The summed E-state index contributed by atoms with van der Waals surface area (Å²) in [7, 11) is 0. The smallest absolute Gasteiger partial charge is 0.407 e. The van der Waals surface area contributed by atoms with E-state index in [1.165, 1.54) is 4.90 Å². The lowest BCUT2D eigenvalue weighted by Crippen LogP contribution is -2.50. The number of alkyl carbamates (subject to hydrolysis) is 1. The summed E-state index contributed by atoms with van der Waals surface area (Å²) in [6.45, 7) is 0.0202. The Labute approximate surface area is 222 Å². The normalized spacial score (nSPS) is 18.2. The lowest BCUT2D eigenvalue weighted by molar-refractivity contribution is -0.147. The zero-order chi connectivity index (χ0) is 26.5. The number of hydrogen-bond acceptors (Lipinski definition) is 4. The lowest BCUT2D eigenvalue weighted by atomic mass is 9.83. The van der Waals surface area contributed by atoms with E-state index in [-0.39, 0.29) is 31.5 Å². The molecule has 0 bridgehead atoms. The fourth-order valence-corrected chi connectivity index (χ4v) is 5.80. The van der Waals surface area contributed by atoms with Crippen LogP contribution >= 0.6 is 0 Å². The number of ether oxygens (including phenoxy) is 1. The van der Waals surface area contributed by atoms with Crippen LogP contribution in [-0.2, 0) is 20.9 Å². The molecule has 38 heavy (non-hydrogen) atoms. The molecule has 0 spiro atoms. The number of nitrogens with one attached hydrogen (secondary N) is 1. The molecule has 0 saturated heterocycles. The summed E-state index contributed by atoms with van der Waals surface area (Å²) in [5.41, 5.74) is 5.45. The van der Waals surface area contributed by atoms with Crippen LogP contribution in [0.2, 0.25) is 0 Å². The van der Waals surface area contributed by atoms with Crippen molar-refractivity contribution in [1.82, 2.24) is 10.2 Å². The van der Waals surface area contributed by atoms with Crippen LogP contribution in [0.3, 0.4) is 0 Å². The Balaban J connectivity index is 1.25. The molecule has 1 fully saturated rings. The maximum absolute atomic E-state index is 13.5. The number of carbonyl (C=O) groups is 3. The highest BCUT2D eigenvalue weighted by Gasteiger charge is 2.36. The first-order valence-electron chi connectivity index (χ1n) is 13.2. The van der Waals surface area contributed by atoms with E-state index in [4.69, 9.17) is 4.74 Å². The van der Waals surface area contributed by atoms with Crippen molar-refractivity contribution in [2.45, 2.75) is 44.2 Å². The molecule has 0 radical (unpaired) electrons. The van der Waals surface area contributed by atoms with Gasteiger partial charge in [-0.25, -0.2) is 4.79 Å². The lowest BCUT2D eigenvalue weighted by Gasteiger charge is -2.34. The van der Waals surface area contributed by atoms with Gasteiger partial charge in [0.05, 0.1) is 5.92 Å². The molecule has 0 heterocycles. The molecule has 2 N–H and O–H groups in total. The highest BCUT2D eigenvalue weighted by Crippen LogP contribution is 2.44. The Morgan fingerprint density at radius 2 is 1.45 bits per heavy atom. The fourth-order valence-electron chi connectivity index (χ4n) is 5.80. The number of carboxylic acid groups (broad SMARTS) is 1. The van der Waals surface area contributed by atoms with Crippen molar-refractivity contribution >= 4 is 18.0 Å². The Kier molecular flexibility index (Phi) is 7.73. The van der Waals surface area contributed by atoms with Gasteiger partial charge in [-0.15, -0.1) is 0 Å². The molecule has 7 heteroatoms. The van der Waals surface area contributed by atoms with Crippen LogP contribution in [0, 0.1) is 5.92 Å². The minimum absolute atomic E-state index is 0.0473. The topological polar surface area (TPSA) is 95.9 Å². The van der Waals surface area contributed by atoms with E-state index in [2.05, 4.69) is 29.6 Å². The third-order valence-electron chi connectivity index (χ3n) is 7.58. The number of nitrogens with zero attached hydrogens (tertiary/aromatic N) is 1. The largest absolute Gasteiger partial charge is 0.480 e. The van der Waals surface area contributed by atoms with Gasteiger partial charge in [-0.2, -0.15) is 0 Å². The Morgan fingerprint density at radius 1 is 0.842 bits per heavy atom. The number of carboxylic acids is 1. The number of hydrogen-bond donors (Lipinski definition) is 2. The highest BCUT2D eigenvalue weighted by atomic mass is 16.5. The summed E-state index contributed by atoms with van der Waals surface area (Å²) < 4.78 is 5.72. The van der Waals surface area contributed by atoms with E-state index in [1.54, 1.807) is 0 Å². The zero-order valence-electron chi connectivity index (χ0n) is 21.2. The van der Waals surface area contributed by atoms with Crippen LogP contribution in [0.15, 0.2) is 78.9 Å². The highest BCUT2D eigenvalue weighted by molar-refractivity contribution is 5.84. The van der Waals surface area contributed by atoms with Gasteiger partial charge in [0.15, 0.2) is 0 Å². The average molecular weight is 513 g/mol. The van der Waals surface area contributed by atoms with Crippen LogP contribution in [0.25, 0.3) is 11.1 Å². The molecule has 3 aromatic carbocycles. The Bertz CT molecular complexity index is 1260. The van der Waals surface area contributed by atoms with E-state index in [0.29, 0.717) is 12.8 Å². The molecule has 3 aromatic rings. The van der Waals surface area contributed by atoms with Crippen molar-refractivity contribution in [3.05, 3.63) is 95.6 Å². The van der Waals surface area contributed by atoms with E-state index < -0.39 is 24.0 Å². The number of benzene rings is 3. The third kappa shape index (κ3) is 5.57. The first-order valence-corrected chi connectivity index (χ1v) is 13.2. The number of aliphatic carboxylic acids is 1. The van der Waals surface area contributed by atoms with Crippen LogP contribution in [0.4, 0.5) is 4.79 Å². The second kappa shape index (κ2) is 11.5. The molecular weight excluding hydrogens is 480 g/mol. The molecule has 196 valence electrons. The number of carbonyl (C=O) groups excluding carboxylic acids is 2. The van der Waals surface area contributed by atoms with E-state index in [9.17, 15) is 19.5 Å². The Morgan fingerprint density at radius 3 is 2.11 bits per heavy atom. The molecule has 0 aromatic heterocycles. The minimum atomic E-state index is -1.06. The number of rotatable bonds is 8. The predicted molar refractivity (Wildman–Crippen MR) is 143 cm³/mol. The molecule has 1 saturated carbocycles. The van der Waals surface area contributed by atoms with Gasteiger partial charge < -0.3 is 20.1 Å². The van der Waals surface area contributed by atoms with Crippen molar-refractivity contribution in [3.63, 3.8) is 0 Å². The van der Waals surface area contributed by atoms with Crippen LogP contribution in [-0.4, -0.2) is 47.2 Å². The van der Waals surface area contributed by atoms with Crippen LogP contribution in [0.5, 0.6) is 0 Å². The van der Waals surface area contributed by atoms with Crippen molar-refractivity contribution < 1.29 is 24.2 Å². The summed E-state index contributed by atoms with van der Waals surface area (Å²) in [5.74, 6) is -1.85. The van der Waals surface area contributed by atoms with Gasteiger partial charge in [0.2, 0.25) is 5.91 Å². The van der Waals surface area contributed by atoms with Gasteiger partial charge >= 0.3 is 12.1 Å². The monoisotopic (exact) mass is 512 g/mol. The van der Waals surface area contributed by atoms with Gasteiger partial charge in [-0.3, -0.25) is 9.59 Å². The van der Waals surface area contributed by atoms with Gasteiger partial charge in [0.25, 0.3) is 0 Å². The standard InChI is InChI=1S/C31H32N2O5/c34-29(35)19-33(18-21-10-2-1-3-11-21)30(36)26-16-8-9-17-28(26)32-31(37)38-20-27-24-14-6-4-12-22(24)23-13-5-7-15-25(23)27/h1-7,10-15,26-28H,8-9,16-20H2,(H,32,37)(H,34,35)/t26-,28+/m1/s1. The van der Waals surface area contributed by atoms with E-state index in [0.717, 1.165) is 40.7 Å². The summed E-state index contributed by atoms with van der Waals surface area (Å²) in [6, 6.07) is 25.3. The van der Waals surface area contributed by atoms with Crippen LogP contribution < -0.4 is 5.32 Å². The SMILES string of the molecule is O=C(O)CN(Cc1ccccc1)C(=O)[C@@H]1CCCC[C@@H]1NC(=O)OCC1c2ccccc2-c2ccccc21. The summed E-state index contributed by atoms with van der Waals surface area (Å²) in [4.78, 5) is 39.4. The fraction of sp³-hybridized carbons (Fsp3) is 0.323. The second-order valence-electron chi connectivity index (χ2n) is 10.0. The molecule has 2 atom stereocenters.